The zero-order valence-electron chi connectivity index (χ0n) is 14.7. The third kappa shape index (κ3) is 6.06. The molecule has 0 aliphatic heterocycles. The number of rotatable bonds is 8. The lowest BCUT2D eigenvalue weighted by atomic mass is 10.2. The van der Waals surface area contributed by atoms with Crippen molar-refractivity contribution in [2.75, 3.05) is 17.2 Å². The molecular formula is C16H20N6O4. The van der Waals surface area contributed by atoms with Crippen LogP contribution in [-0.4, -0.2) is 38.4 Å². The van der Waals surface area contributed by atoms with Crippen molar-refractivity contribution < 1.29 is 14.5 Å². The minimum absolute atomic E-state index is 0.0310. The third-order valence-corrected chi connectivity index (χ3v) is 3.17. The maximum atomic E-state index is 11.1. The van der Waals surface area contributed by atoms with Gasteiger partial charge < -0.3 is 10.1 Å². The summed E-state index contributed by atoms with van der Waals surface area (Å²) in [5.74, 6) is 0.704. The Morgan fingerprint density at radius 2 is 2.04 bits per heavy atom. The lowest BCUT2D eigenvalue weighted by Crippen LogP contribution is -2.24. The molecule has 0 spiro atoms. The topological polar surface area (TPSA) is 132 Å². The molecule has 0 aliphatic carbocycles. The number of benzene rings is 1. The molecule has 1 amide bonds. The van der Waals surface area contributed by atoms with E-state index in [1.807, 2.05) is 6.92 Å². The Bertz CT molecular complexity index is 798. The quantitative estimate of drug-likeness (QED) is 0.540. The highest BCUT2D eigenvalue weighted by molar-refractivity contribution is 5.86. The summed E-state index contributed by atoms with van der Waals surface area (Å²) in [6.07, 6.45) is 0. The molecule has 138 valence electrons. The van der Waals surface area contributed by atoms with Gasteiger partial charge in [0.25, 0.3) is 5.69 Å². The summed E-state index contributed by atoms with van der Waals surface area (Å²) in [5.41, 5.74) is 0.749. The number of anilines is 2. The predicted molar refractivity (Wildman–Crippen MR) is 94.7 cm³/mol. The lowest BCUT2D eigenvalue weighted by molar-refractivity contribution is -0.384. The fourth-order valence-corrected chi connectivity index (χ4v) is 2.14. The molecule has 1 aromatic carbocycles. The highest BCUT2D eigenvalue weighted by atomic mass is 16.6. The Hall–Kier alpha value is -3.14. The number of ether oxygens (including phenoxy) is 1. The van der Waals surface area contributed by atoms with Crippen LogP contribution in [0.4, 0.5) is 17.6 Å². The summed E-state index contributed by atoms with van der Waals surface area (Å²) in [7, 11) is 0. The molecule has 1 heterocycles. The van der Waals surface area contributed by atoms with Crippen LogP contribution in [-0.2, 0) is 16.1 Å². The highest BCUT2D eigenvalue weighted by Crippen LogP contribution is 2.14. The van der Waals surface area contributed by atoms with Crippen molar-refractivity contribution in [3.05, 3.63) is 45.8 Å². The van der Waals surface area contributed by atoms with E-state index in [1.54, 1.807) is 19.1 Å². The molecule has 2 N–H and O–H groups in total. The summed E-state index contributed by atoms with van der Waals surface area (Å²) in [4.78, 5) is 33.7. The number of nitrogens with one attached hydrogen (secondary N) is 2. The van der Waals surface area contributed by atoms with Crippen molar-refractivity contribution >= 4 is 23.5 Å². The van der Waals surface area contributed by atoms with E-state index >= 15 is 0 Å². The van der Waals surface area contributed by atoms with Gasteiger partial charge in [-0.25, -0.2) is 0 Å². The van der Waals surface area contributed by atoms with Crippen LogP contribution < -0.4 is 10.6 Å². The monoisotopic (exact) mass is 360 g/mol. The van der Waals surface area contributed by atoms with Gasteiger partial charge in [-0.15, -0.1) is 0 Å². The minimum Gasteiger partial charge on any atom is -0.375 e. The zero-order chi connectivity index (χ0) is 19.1. The molecule has 0 saturated heterocycles. The smallest absolute Gasteiger partial charge is 0.269 e. The van der Waals surface area contributed by atoms with Gasteiger partial charge in [-0.1, -0.05) is 12.1 Å². The first-order valence-electron chi connectivity index (χ1n) is 7.91. The van der Waals surface area contributed by atoms with Crippen molar-refractivity contribution in [2.24, 2.45) is 0 Å². The number of nitrogens with zero attached hydrogens (tertiary/aromatic N) is 4. The number of amides is 1. The molecule has 26 heavy (non-hydrogen) atoms. The number of carbonyl (C=O) groups excluding carboxylic acids is 1. The Balaban J connectivity index is 1.88. The molecule has 0 bridgehead atoms. The maximum absolute atomic E-state index is 11.1. The van der Waals surface area contributed by atoms with Gasteiger partial charge in [0, 0.05) is 25.1 Å². The zero-order valence-corrected chi connectivity index (χ0v) is 14.7. The molecule has 1 aromatic heterocycles. The highest BCUT2D eigenvalue weighted by Gasteiger charge is 2.10. The molecule has 10 heteroatoms. The Morgan fingerprint density at radius 3 is 2.73 bits per heavy atom. The van der Waals surface area contributed by atoms with Crippen LogP contribution in [0.25, 0.3) is 0 Å². The molecule has 10 nitrogen and oxygen atoms in total. The van der Waals surface area contributed by atoms with Crippen LogP contribution >= 0.6 is 0 Å². The molecule has 0 aliphatic rings. The number of nitro groups is 1. The van der Waals surface area contributed by atoms with E-state index in [1.165, 1.54) is 19.1 Å². The number of aromatic nitrogens is 3. The van der Waals surface area contributed by atoms with Crippen molar-refractivity contribution in [2.45, 2.75) is 33.4 Å². The fraction of sp³-hybridized carbons (Fsp3) is 0.375. The SMILES string of the molecule is CC(=O)Nc1nc(C)nc(NC(C)COCc2cccc([N+](=O)[O-])c2)n1. The Morgan fingerprint density at radius 1 is 1.31 bits per heavy atom. The number of nitro benzene ring substituents is 1. The number of hydrogen-bond donors (Lipinski definition) is 2. The standard InChI is InChI=1S/C16H20N6O4/c1-10(8-26-9-13-5-4-6-14(7-13)22(24)25)17-15-18-11(2)19-16(21-15)20-12(3)23/h4-7,10H,8-9H2,1-3H3,(H2,17,18,19,20,21,23). The van der Waals surface area contributed by atoms with Gasteiger partial charge in [-0.05, 0) is 19.4 Å². The van der Waals surface area contributed by atoms with Gasteiger partial charge in [-0.3, -0.25) is 20.2 Å². The second-order valence-corrected chi connectivity index (χ2v) is 5.70. The van der Waals surface area contributed by atoms with Crippen molar-refractivity contribution in [1.29, 1.82) is 0 Å². The Kier molecular flexibility index (Phi) is 6.50. The number of hydrogen-bond acceptors (Lipinski definition) is 8. The van der Waals surface area contributed by atoms with Crippen LogP contribution in [0.15, 0.2) is 24.3 Å². The fourth-order valence-electron chi connectivity index (χ4n) is 2.14. The second-order valence-electron chi connectivity index (χ2n) is 5.70. The maximum Gasteiger partial charge on any atom is 0.269 e. The largest absolute Gasteiger partial charge is 0.375 e. The predicted octanol–water partition coefficient (Wildman–Crippen LogP) is 2.06. The molecule has 2 aromatic rings. The molecule has 0 fully saturated rings. The average molecular weight is 360 g/mol. The normalized spacial score (nSPS) is 11.7. The lowest BCUT2D eigenvalue weighted by Gasteiger charge is -2.15. The summed E-state index contributed by atoms with van der Waals surface area (Å²) in [6.45, 7) is 5.53. The molecule has 0 radical (unpaired) electrons. The van der Waals surface area contributed by atoms with Gasteiger partial charge in [0.15, 0.2) is 0 Å². The van der Waals surface area contributed by atoms with Crippen molar-refractivity contribution in [3.8, 4) is 0 Å². The van der Waals surface area contributed by atoms with E-state index in [0.29, 0.717) is 18.4 Å². The average Bonchev–Trinajstić information content (AvgIpc) is 2.53. The van der Waals surface area contributed by atoms with Crippen molar-refractivity contribution in [3.63, 3.8) is 0 Å². The second kappa shape index (κ2) is 8.81. The molecule has 2 rings (SSSR count). The van der Waals surface area contributed by atoms with E-state index in [0.717, 1.165) is 5.56 Å². The van der Waals surface area contributed by atoms with Crippen molar-refractivity contribution in [1.82, 2.24) is 15.0 Å². The van der Waals surface area contributed by atoms with Gasteiger partial charge >= 0.3 is 0 Å². The molecule has 1 atom stereocenters. The van der Waals surface area contributed by atoms with Crippen LogP contribution in [0.3, 0.4) is 0 Å². The summed E-state index contributed by atoms with van der Waals surface area (Å²) >= 11 is 0. The van der Waals surface area contributed by atoms with Gasteiger partial charge in [0.1, 0.15) is 5.82 Å². The third-order valence-electron chi connectivity index (χ3n) is 3.17. The number of carbonyl (C=O) groups is 1. The number of non-ortho nitro benzene ring substituents is 1. The first-order chi connectivity index (χ1) is 12.3. The van der Waals surface area contributed by atoms with Gasteiger partial charge in [0.05, 0.1) is 18.1 Å². The molecular weight excluding hydrogens is 340 g/mol. The summed E-state index contributed by atoms with van der Waals surface area (Å²) < 4.78 is 5.59. The summed E-state index contributed by atoms with van der Waals surface area (Å²) in [5, 5.41) is 16.3. The van der Waals surface area contributed by atoms with Gasteiger partial charge in [0.2, 0.25) is 17.8 Å². The van der Waals surface area contributed by atoms with Crippen LogP contribution in [0.1, 0.15) is 25.2 Å². The van der Waals surface area contributed by atoms with Gasteiger partial charge in [-0.2, -0.15) is 15.0 Å². The summed E-state index contributed by atoms with van der Waals surface area (Å²) in [6, 6.07) is 6.17. The molecule has 1 unspecified atom stereocenters. The van der Waals surface area contributed by atoms with Crippen LogP contribution in [0.5, 0.6) is 0 Å². The molecule has 0 saturated carbocycles. The van der Waals surface area contributed by atoms with Crippen LogP contribution in [0.2, 0.25) is 0 Å². The Labute approximate surface area is 150 Å². The first-order valence-corrected chi connectivity index (χ1v) is 7.91. The first kappa shape index (κ1) is 19.2. The number of aryl methyl sites for hydroxylation is 1. The van der Waals surface area contributed by atoms with E-state index < -0.39 is 4.92 Å². The minimum atomic E-state index is -0.441. The van der Waals surface area contributed by atoms with E-state index in [4.69, 9.17) is 4.74 Å². The van der Waals surface area contributed by atoms with Crippen LogP contribution in [0, 0.1) is 17.0 Å². The van der Waals surface area contributed by atoms with E-state index in [2.05, 4.69) is 25.6 Å². The van der Waals surface area contributed by atoms with E-state index in [-0.39, 0.29) is 30.2 Å². The van der Waals surface area contributed by atoms with E-state index in [9.17, 15) is 14.9 Å².